The molecule has 3 aromatic rings. The SMILES string of the molecule is CNCc1c(N(C)Cc2cccc(C)n2)nc2sccn12. The number of nitrogens with one attached hydrogen (secondary N) is 1. The Kier molecular flexibility index (Phi) is 3.90. The van der Waals surface area contributed by atoms with Crippen LogP contribution < -0.4 is 10.2 Å². The summed E-state index contributed by atoms with van der Waals surface area (Å²) in [6.45, 7) is 3.56. The van der Waals surface area contributed by atoms with Gasteiger partial charge in [-0.25, -0.2) is 4.98 Å². The van der Waals surface area contributed by atoms with Crippen LogP contribution in [0.3, 0.4) is 0 Å². The van der Waals surface area contributed by atoms with Gasteiger partial charge in [0.05, 0.1) is 17.9 Å². The lowest BCUT2D eigenvalue weighted by atomic mass is 10.3. The lowest BCUT2D eigenvalue weighted by Gasteiger charge is -2.18. The summed E-state index contributed by atoms with van der Waals surface area (Å²) in [6, 6.07) is 6.12. The van der Waals surface area contributed by atoms with Crippen molar-refractivity contribution in [3.05, 3.63) is 46.9 Å². The highest BCUT2D eigenvalue weighted by Crippen LogP contribution is 2.24. The van der Waals surface area contributed by atoms with Crippen molar-refractivity contribution in [1.82, 2.24) is 19.7 Å². The Morgan fingerprint density at radius 3 is 2.95 bits per heavy atom. The van der Waals surface area contributed by atoms with E-state index in [0.29, 0.717) is 0 Å². The van der Waals surface area contributed by atoms with E-state index in [9.17, 15) is 0 Å². The molecular weight excluding hydrogens is 282 g/mol. The molecule has 3 rings (SSSR count). The van der Waals surface area contributed by atoms with Gasteiger partial charge in [0.1, 0.15) is 0 Å². The standard InChI is InChI=1S/C15H19N5S/c1-11-5-4-6-12(17-11)10-19(3)14-13(9-16-2)20-7-8-21-15(20)18-14/h4-8,16H,9-10H2,1-3H3. The van der Waals surface area contributed by atoms with E-state index in [1.165, 1.54) is 5.69 Å². The molecule has 1 N–H and O–H groups in total. The third-order valence-corrected chi connectivity index (χ3v) is 4.15. The van der Waals surface area contributed by atoms with Crippen LogP contribution in [0.25, 0.3) is 4.96 Å². The zero-order valence-corrected chi connectivity index (χ0v) is 13.3. The first-order valence-electron chi connectivity index (χ1n) is 6.91. The number of hydrogen-bond acceptors (Lipinski definition) is 5. The van der Waals surface area contributed by atoms with Crippen LogP contribution in [0.4, 0.5) is 5.82 Å². The molecule has 0 bridgehead atoms. The van der Waals surface area contributed by atoms with Crippen LogP contribution in [0.15, 0.2) is 29.8 Å². The van der Waals surface area contributed by atoms with Crippen LogP contribution >= 0.6 is 11.3 Å². The minimum atomic E-state index is 0.753. The molecule has 0 fully saturated rings. The number of aryl methyl sites for hydroxylation is 1. The fraction of sp³-hybridized carbons (Fsp3) is 0.333. The van der Waals surface area contributed by atoms with Gasteiger partial charge in [-0.15, -0.1) is 11.3 Å². The summed E-state index contributed by atoms with van der Waals surface area (Å²) in [5.74, 6) is 1.01. The van der Waals surface area contributed by atoms with Crippen LogP contribution in [0, 0.1) is 6.92 Å². The first-order chi connectivity index (χ1) is 10.2. The molecule has 0 aliphatic carbocycles. The third kappa shape index (κ3) is 2.77. The van der Waals surface area contributed by atoms with Crippen molar-refractivity contribution in [2.24, 2.45) is 0 Å². The fourth-order valence-corrected chi connectivity index (χ4v) is 3.19. The number of nitrogens with zero attached hydrogens (tertiary/aromatic N) is 4. The Bertz CT molecular complexity index is 745. The average Bonchev–Trinajstić information content (AvgIpc) is 3.01. The van der Waals surface area contributed by atoms with Crippen molar-refractivity contribution in [2.75, 3.05) is 19.0 Å². The molecule has 0 aliphatic heterocycles. The van der Waals surface area contributed by atoms with Gasteiger partial charge in [0, 0.05) is 30.9 Å². The van der Waals surface area contributed by atoms with Crippen molar-refractivity contribution < 1.29 is 0 Å². The van der Waals surface area contributed by atoms with Crippen molar-refractivity contribution in [1.29, 1.82) is 0 Å². The highest BCUT2D eigenvalue weighted by Gasteiger charge is 2.16. The summed E-state index contributed by atoms with van der Waals surface area (Å²) in [7, 11) is 4.02. The number of imidazole rings is 1. The average molecular weight is 301 g/mol. The van der Waals surface area contributed by atoms with E-state index < -0.39 is 0 Å². The Labute approximate surface area is 128 Å². The maximum Gasteiger partial charge on any atom is 0.195 e. The van der Waals surface area contributed by atoms with E-state index in [2.05, 4.69) is 44.3 Å². The summed E-state index contributed by atoms with van der Waals surface area (Å²) in [5, 5.41) is 5.28. The zero-order valence-electron chi connectivity index (χ0n) is 12.5. The van der Waals surface area contributed by atoms with Crippen LogP contribution in [-0.2, 0) is 13.1 Å². The van der Waals surface area contributed by atoms with E-state index in [-0.39, 0.29) is 0 Å². The van der Waals surface area contributed by atoms with E-state index in [0.717, 1.165) is 35.3 Å². The van der Waals surface area contributed by atoms with Gasteiger partial charge in [0.2, 0.25) is 0 Å². The third-order valence-electron chi connectivity index (χ3n) is 3.39. The zero-order chi connectivity index (χ0) is 14.8. The predicted molar refractivity (Wildman–Crippen MR) is 86.9 cm³/mol. The van der Waals surface area contributed by atoms with Crippen molar-refractivity contribution >= 4 is 22.1 Å². The van der Waals surface area contributed by atoms with Crippen molar-refractivity contribution in [3.63, 3.8) is 0 Å². The summed E-state index contributed by atoms with van der Waals surface area (Å²) < 4.78 is 2.15. The van der Waals surface area contributed by atoms with E-state index >= 15 is 0 Å². The second-order valence-electron chi connectivity index (χ2n) is 5.09. The number of hydrogen-bond donors (Lipinski definition) is 1. The Morgan fingerprint density at radius 1 is 1.33 bits per heavy atom. The van der Waals surface area contributed by atoms with Gasteiger partial charge in [-0.05, 0) is 26.1 Å². The highest BCUT2D eigenvalue weighted by molar-refractivity contribution is 7.15. The van der Waals surface area contributed by atoms with Gasteiger partial charge in [0.15, 0.2) is 10.8 Å². The Balaban J connectivity index is 1.91. The minimum Gasteiger partial charge on any atom is -0.352 e. The Morgan fingerprint density at radius 2 is 2.19 bits per heavy atom. The summed E-state index contributed by atoms with van der Waals surface area (Å²) >= 11 is 1.66. The van der Waals surface area contributed by atoms with Crippen LogP contribution in [0.1, 0.15) is 17.1 Å². The molecule has 0 atom stereocenters. The van der Waals surface area contributed by atoms with Gasteiger partial charge >= 0.3 is 0 Å². The van der Waals surface area contributed by atoms with E-state index in [4.69, 9.17) is 4.98 Å². The molecule has 0 aromatic carbocycles. The molecule has 3 heterocycles. The molecule has 0 aliphatic rings. The number of fused-ring (bicyclic) bond motifs is 1. The van der Waals surface area contributed by atoms with Gasteiger partial charge in [0.25, 0.3) is 0 Å². The first kappa shape index (κ1) is 14.0. The van der Waals surface area contributed by atoms with Gasteiger partial charge in [-0.3, -0.25) is 9.38 Å². The second kappa shape index (κ2) is 5.83. The monoisotopic (exact) mass is 301 g/mol. The molecule has 6 heteroatoms. The second-order valence-corrected chi connectivity index (χ2v) is 5.97. The number of pyridine rings is 1. The molecule has 3 aromatic heterocycles. The molecule has 5 nitrogen and oxygen atoms in total. The number of thiazole rings is 1. The van der Waals surface area contributed by atoms with Crippen molar-refractivity contribution in [2.45, 2.75) is 20.0 Å². The molecule has 0 amide bonds. The van der Waals surface area contributed by atoms with Crippen LogP contribution in [0.2, 0.25) is 0 Å². The molecule has 21 heavy (non-hydrogen) atoms. The van der Waals surface area contributed by atoms with E-state index in [1.54, 1.807) is 11.3 Å². The molecule has 0 saturated carbocycles. The van der Waals surface area contributed by atoms with Crippen LogP contribution in [0.5, 0.6) is 0 Å². The maximum absolute atomic E-state index is 4.75. The largest absolute Gasteiger partial charge is 0.352 e. The fourth-order valence-electron chi connectivity index (χ4n) is 2.46. The Hall–Kier alpha value is -1.92. The van der Waals surface area contributed by atoms with Gasteiger partial charge < -0.3 is 10.2 Å². The van der Waals surface area contributed by atoms with Gasteiger partial charge in [-0.1, -0.05) is 6.07 Å². The number of aromatic nitrogens is 3. The topological polar surface area (TPSA) is 45.5 Å². The van der Waals surface area contributed by atoms with E-state index in [1.807, 2.05) is 26.1 Å². The van der Waals surface area contributed by atoms with Crippen LogP contribution in [-0.4, -0.2) is 28.5 Å². The lowest BCUT2D eigenvalue weighted by molar-refractivity contribution is 0.769. The summed E-state index contributed by atoms with van der Waals surface area (Å²) in [6.07, 6.45) is 2.07. The van der Waals surface area contributed by atoms with Gasteiger partial charge in [-0.2, -0.15) is 0 Å². The lowest BCUT2D eigenvalue weighted by Crippen LogP contribution is -2.21. The smallest absolute Gasteiger partial charge is 0.195 e. The molecule has 0 radical (unpaired) electrons. The van der Waals surface area contributed by atoms with Crippen molar-refractivity contribution in [3.8, 4) is 0 Å². The first-order valence-corrected chi connectivity index (χ1v) is 7.79. The molecule has 0 saturated heterocycles. The highest BCUT2D eigenvalue weighted by atomic mass is 32.1. The molecule has 0 unspecified atom stereocenters. The molecule has 110 valence electrons. The number of anilines is 1. The normalized spacial score (nSPS) is 11.2. The minimum absolute atomic E-state index is 0.753. The molecular formula is C15H19N5S. The maximum atomic E-state index is 4.75. The predicted octanol–water partition coefficient (Wildman–Crippen LogP) is 2.46. The molecule has 0 spiro atoms. The summed E-state index contributed by atoms with van der Waals surface area (Å²) in [5.41, 5.74) is 3.29. The number of rotatable bonds is 5. The quantitative estimate of drug-likeness (QED) is 0.786. The summed E-state index contributed by atoms with van der Waals surface area (Å²) in [4.78, 5) is 12.5.